The number of benzene rings is 1. The van der Waals surface area contributed by atoms with Gasteiger partial charge in [-0.3, -0.25) is 0 Å². The van der Waals surface area contributed by atoms with E-state index in [1.807, 2.05) is 32.0 Å². The van der Waals surface area contributed by atoms with Gasteiger partial charge in [0.15, 0.2) is 0 Å². The summed E-state index contributed by atoms with van der Waals surface area (Å²) in [7, 11) is 0. The monoisotopic (exact) mass is 264 g/mol. The van der Waals surface area contributed by atoms with Crippen LogP contribution in [0.5, 0.6) is 5.75 Å². The van der Waals surface area contributed by atoms with Gasteiger partial charge in [0.2, 0.25) is 0 Å². The summed E-state index contributed by atoms with van der Waals surface area (Å²) >= 11 is 0. The van der Waals surface area contributed by atoms with Crippen molar-refractivity contribution < 1.29 is 9.47 Å². The molecule has 0 aliphatic carbocycles. The van der Waals surface area contributed by atoms with Crippen molar-refractivity contribution in [1.29, 1.82) is 0 Å². The Morgan fingerprint density at radius 1 is 1.37 bits per heavy atom. The molecule has 0 bridgehead atoms. The smallest absolute Gasteiger partial charge is 0.123 e. The Morgan fingerprint density at radius 3 is 2.84 bits per heavy atom. The van der Waals surface area contributed by atoms with Crippen molar-refractivity contribution in [2.75, 3.05) is 17.7 Å². The van der Waals surface area contributed by atoms with Crippen LogP contribution in [0.25, 0.3) is 0 Å². The third kappa shape index (κ3) is 4.31. The van der Waals surface area contributed by atoms with Crippen LogP contribution in [0.3, 0.4) is 0 Å². The number of hydrogen-bond acceptors (Lipinski definition) is 4. The van der Waals surface area contributed by atoms with Gasteiger partial charge >= 0.3 is 0 Å². The molecule has 3 N–H and O–H groups in total. The Bertz CT molecular complexity index is 421. The molecule has 19 heavy (non-hydrogen) atoms. The number of ether oxygens (including phenoxy) is 2. The largest absolute Gasteiger partial charge is 0.491 e. The molecule has 1 aliphatic rings. The van der Waals surface area contributed by atoms with Crippen LogP contribution >= 0.6 is 0 Å². The maximum Gasteiger partial charge on any atom is 0.123 e. The number of hydrogen-bond donors (Lipinski definition) is 2. The van der Waals surface area contributed by atoms with Crippen molar-refractivity contribution in [3.8, 4) is 5.75 Å². The van der Waals surface area contributed by atoms with E-state index in [1.54, 1.807) is 0 Å². The summed E-state index contributed by atoms with van der Waals surface area (Å²) in [5.41, 5.74) is 7.67. The van der Waals surface area contributed by atoms with Crippen molar-refractivity contribution >= 4 is 11.4 Å². The molecule has 4 nitrogen and oxygen atoms in total. The number of nitrogen functional groups attached to an aromatic ring is 1. The molecule has 2 unspecified atom stereocenters. The Kier molecular flexibility index (Phi) is 4.53. The van der Waals surface area contributed by atoms with Crippen molar-refractivity contribution in [3.05, 3.63) is 18.2 Å². The van der Waals surface area contributed by atoms with E-state index in [4.69, 9.17) is 15.2 Å². The quantitative estimate of drug-likeness (QED) is 0.821. The number of anilines is 2. The van der Waals surface area contributed by atoms with Crippen LogP contribution in [0.15, 0.2) is 18.2 Å². The lowest BCUT2D eigenvalue weighted by Crippen LogP contribution is -2.32. The normalized spacial score (nSPS) is 23.4. The molecule has 2 rings (SSSR count). The van der Waals surface area contributed by atoms with E-state index in [9.17, 15) is 0 Å². The summed E-state index contributed by atoms with van der Waals surface area (Å²) in [4.78, 5) is 0. The first-order valence-corrected chi connectivity index (χ1v) is 6.98. The van der Waals surface area contributed by atoms with E-state index in [0.29, 0.717) is 12.1 Å². The summed E-state index contributed by atoms with van der Waals surface area (Å²) in [6.07, 6.45) is 2.52. The molecular formula is C15H24N2O2. The highest BCUT2D eigenvalue weighted by atomic mass is 16.5. The fourth-order valence-corrected chi connectivity index (χ4v) is 2.41. The molecule has 106 valence electrons. The number of rotatable bonds is 4. The van der Waals surface area contributed by atoms with Gasteiger partial charge in [-0.15, -0.1) is 0 Å². The third-order valence-corrected chi connectivity index (χ3v) is 3.16. The minimum Gasteiger partial charge on any atom is -0.491 e. The summed E-state index contributed by atoms with van der Waals surface area (Å²) in [5, 5.41) is 3.53. The van der Waals surface area contributed by atoms with E-state index >= 15 is 0 Å². The van der Waals surface area contributed by atoms with Gasteiger partial charge in [0.25, 0.3) is 0 Å². The van der Waals surface area contributed by atoms with Gasteiger partial charge in [-0.1, -0.05) is 0 Å². The Hall–Kier alpha value is -1.42. The predicted octanol–water partition coefficient (Wildman–Crippen LogP) is 3.04. The van der Waals surface area contributed by atoms with Crippen LogP contribution in [0.2, 0.25) is 0 Å². The van der Waals surface area contributed by atoms with E-state index < -0.39 is 0 Å². The average Bonchev–Trinajstić information content (AvgIpc) is 2.26. The topological polar surface area (TPSA) is 56.5 Å². The summed E-state index contributed by atoms with van der Waals surface area (Å²) in [5.74, 6) is 0.817. The van der Waals surface area contributed by atoms with Gasteiger partial charge in [-0.2, -0.15) is 0 Å². The first-order valence-electron chi connectivity index (χ1n) is 6.98. The maximum atomic E-state index is 5.92. The summed E-state index contributed by atoms with van der Waals surface area (Å²) < 4.78 is 11.3. The van der Waals surface area contributed by atoms with Crippen molar-refractivity contribution in [1.82, 2.24) is 0 Å². The molecule has 0 saturated carbocycles. The molecule has 1 heterocycles. The maximum absolute atomic E-state index is 5.92. The van der Waals surface area contributed by atoms with E-state index in [2.05, 4.69) is 12.2 Å². The van der Waals surface area contributed by atoms with Gasteiger partial charge in [0, 0.05) is 36.2 Å². The first kappa shape index (κ1) is 14.0. The van der Waals surface area contributed by atoms with Gasteiger partial charge in [-0.05, 0) is 39.7 Å². The van der Waals surface area contributed by atoms with Crippen LogP contribution in [0, 0.1) is 0 Å². The Balaban J connectivity index is 2.04. The van der Waals surface area contributed by atoms with Crippen LogP contribution in [0.1, 0.15) is 33.6 Å². The van der Waals surface area contributed by atoms with Crippen molar-refractivity contribution in [2.45, 2.75) is 51.9 Å². The molecule has 4 heteroatoms. The zero-order valence-corrected chi connectivity index (χ0v) is 12.0. The van der Waals surface area contributed by atoms with Crippen molar-refractivity contribution in [2.24, 2.45) is 0 Å². The van der Waals surface area contributed by atoms with E-state index in [0.717, 1.165) is 36.6 Å². The highest BCUT2D eigenvalue weighted by molar-refractivity contribution is 5.59. The lowest BCUT2D eigenvalue weighted by atomic mass is 10.0. The minimum atomic E-state index is 0.151. The van der Waals surface area contributed by atoms with E-state index in [-0.39, 0.29) is 6.10 Å². The fraction of sp³-hybridized carbons (Fsp3) is 0.600. The Labute approximate surface area is 115 Å². The second kappa shape index (κ2) is 6.15. The summed E-state index contributed by atoms with van der Waals surface area (Å²) in [6, 6.07) is 6.26. The van der Waals surface area contributed by atoms with Gasteiger partial charge in [-0.25, -0.2) is 0 Å². The first-order chi connectivity index (χ1) is 9.02. The van der Waals surface area contributed by atoms with Crippen LogP contribution < -0.4 is 15.8 Å². The molecule has 0 radical (unpaired) electrons. The molecule has 2 atom stereocenters. The van der Waals surface area contributed by atoms with Crippen LogP contribution in [-0.4, -0.2) is 24.9 Å². The fourth-order valence-electron chi connectivity index (χ4n) is 2.41. The SMILES string of the molecule is CC(C)Oc1cc(N)cc(NC2CCOC(C)C2)c1. The lowest BCUT2D eigenvalue weighted by Gasteiger charge is -2.29. The summed E-state index contributed by atoms with van der Waals surface area (Å²) in [6.45, 7) is 6.95. The standard InChI is InChI=1S/C15H24N2O2/c1-10(2)19-15-8-12(16)7-14(9-15)17-13-4-5-18-11(3)6-13/h7-11,13,17H,4-6,16H2,1-3H3. The molecule has 1 aromatic carbocycles. The Morgan fingerprint density at radius 2 is 2.16 bits per heavy atom. The minimum absolute atomic E-state index is 0.151. The third-order valence-electron chi connectivity index (χ3n) is 3.16. The highest BCUT2D eigenvalue weighted by Gasteiger charge is 2.19. The van der Waals surface area contributed by atoms with Crippen LogP contribution in [0.4, 0.5) is 11.4 Å². The molecule has 0 aromatic heterocycles. The molecule has 0 amide bonds. The molecule has 1 aliphatic heterocycles. The van der Waals surface area contributed by atoms with Gasteiger partial charge in [0.05, 0.1) is 12.2 Å². The number of nitrogens with one attached hydrogen (secondary N) is 1. The second-order valence-corrected chi connectivity index (χ2v) is 5.50. The van der Waals surface area contributed by atoms with Gasteiger partial charge < -0.3 is 20.5 Å². The molecule has 1 fully saturated rings. The van der Waals surface area contributed by atoms with Crippen LogP contribution in [-0.2, 0) is 4.74 Å². The zero-order chi connectivity index (χ0) is 13.8. The molecule has 0 spiro atoms. The van der Waals surface area contributed by atoms with Crippen molar-refractivity contribution in [3.63, 3.8) is 0 Å². The average molecular weight is 264 g/mol. The molecular weight excluding hydrogens is 240 g/mol. The lowest BCUT2D eigenvalue weighted by molar-refractivity contribution is 0.0232. The molecule has 1 saturated heterocycles. The van der Waals surface area contributed by atoms with Gasteiger partial charge in [0.1, 0.15) is 5.75 Å². The number of nitrogens with two attached hydrogens (primary N) is 1. The predicted molar refractivity (Wildman–Crippen MR) is 78.7 cm³/mol. The molecule has 1 aromatic rings. The second-order valence-electron chi connectivity index (χ2n) is 5.50. The zero-order valence-electron chi connectivity index (χ0n) is 12.0. The van der Waals surface area contributed by atoms with E-state index in [1.165, 1.54) is 0 Å². The highest BCUT2D eigenvalue weighted by Crippen LogP contribution is 2.26.